The molecule has 0 saturated heterocycles. The summed E-state index contributed by atoms with van der Waals surface area (Å²) in [4.78, 5) is 32.8. The van der Waals surface area contributed by atoms with E-state index in [0.717, 1.165) is 12.5 Å². The van der Waals surface area contributed by atoms with E-state index in [0.29, 0.717) is 11.3 Å². The molecule has 1 aliphatic carbocycles. The van der Waals surface area contributed by atoms with Gasteiger partial charge < -0.3 is 4.74 Å². The maximum absolute atomic E-state index is 11.7. The van der Waals surface area contributed by atoms with E-state index in [1.807, 2.05) is 12.2 Å². The normalized spacial score (nSPS) is 19.1. The fraction of sp³-hybridized carbons (Fsp3) is 0.438. The minimum Gasteiger partial charge on any atom is -0.464 e. The third-order valence-corrected chi connectivity index (χ3v) is 5.22. The molecule has 0 heterocycles. The Kier molecular flexibility index (Phi) is 7.40. The van der Waals surface area contributed by atoms with Crippen LogP contribution in [0.5, 0.6) is 0 Å². The topological polar surface area (TPSA) is 113 Å². The van der Waals surface area contributed by atoms with Crippen LogP contribution in [0.15, 0.2) is 35.2 Å². The molecule has 1 aliphatic rings. The molecule has 10 heteroatoms. The molecular weight excluding hydrogens is 384 g/mol. The van der Waals surface area contributed by atoms with Crippen LogP contribution >= 0.6 is 23.4 Å². The van der Waals surface area contributed by atoms with Gasteiger partial charge in [-0.1, -0.05) is 12.2 Å². The van der Waals surface area contributed by atoms with Gasteiger partial charge >= 0.3 is 5.97 Å². The Labute approximate surface area is 158 Å². The summed E-state index contributed by atoms with van der Waals surface area (Å²) in [7, 11) is 0. The van der Waals surface area contributed by atoms with Gasteiger partial charge in [-0.05, 0) is 24.8 Å². The summed E-state index contributed by atoms with van der Waals surface area (Å²) >= 11 is 6.75. The lowest BCUT2D eigenvalue weighted by Crippen LogP contribution is -2.18. The summed E-state index contributed by atoms with van der Waals surface area (Å²) in [5, 5.41) is 22.0. The average molecular weight is 401 g/mol. The molecule has 0 aromatic heterocycles. The molecule has 1 aromatic carbocycles. The number of alkyl halides is 1. The van der Waals surface area contributed by atoms with Gasteiger partial charge in [-0.25, -0.2) is 0 Å². The standard InChI is InChI=1S/C16H17ClN2O6S/c17-6-7-25-16(20)9-11-2-1-3-13(8-11)26-15-5-4-12(18(21)22)10-14(15)19(23)24/h1,3-5,10-11,13H,2,6-9H2/t11-,13-/m0/s1. The van der Waals surface area contributed by atoms with Gasteiger partial charge in [0.1, 0.15) is 6.61 Å². The lowest BCUT2D eigenvalue weighted by Gasteiger charge is -2.23. The zero-order valence-electron chi connectivity index (χ0n) is 13.7. The van der Waals surface area contributed by atoms with E-state index in [9.17, 15) is 25.0 Å². The average Bonchev–Trinajstić information content (AvgIpc) is 2.60. The molecule has 0 bridgehead atoms. The monoisotopic (exact) mass is 400 g/mol. The number of nitro benzene ring substituents is 2. The van der Waals surface area contributed by atoms with Gasteiger partial charge in [0.05, 0.1) is 26.7 Å². The number of carbonyl (C=O) groups excluding carboxylic acids is 1. The Morgan fingerprint density at radius 2 is 2.08 bits per heavy atom. The number of non-ortho nitro benzene ring substituents is 1. The molecule has 8 nitrogen and oxygen atoms in total. The number of esters is 1. The maximum Gasteiger partial charge on any atom is 0.306 e. The lowest BCUT2D eigenvalue weighted by molar-refractivity contribution is -0.396. The molecule has 0 fully saturated rings. The van der Waals surface area contributed by atoms with Crippen LogP contribution in [-0.4, -0.2) is 33.6 Å². The first-order chi connectivity index (χ1) is 12.4. The predicted octanol–water partition coefficient (Wildman–Crippen LogP) is 4.10. The number of halogens is 1. The molecule has 2 rings (SSSR count). The number of hydrogen-bond acceptors (Lipinski definition) is 7. The summed E-state index contributed by atoms with van der Waals surface area (Å²) in [5.41, 5.74) is -0.610. The number of nitro groups is 2. The number of thioether (sulfide) groups is 1. The van der Waals surface area contributed by atoms with Crippen molar-refractivity contribution in [3.8, 4) is 0 Å². The van der Waals surface area contributed by atoms with Crippen molar-refractivity contribution in [3.05, 3.63) is 50.6 Å². The van der Waals surface area contributed by atoms with Crippen LogP contribution < -0.4 is 0 Å². The van der Waals surface area contributed by atoms with Crippen molar-refractivity contribution in [1.82, 2.24) is 0 Å². The summed E-state index contributed by atoms with van der Waals surface area (Å²) in [6.45, 7) is 0.177. The van der Waals surface area contributed by atoms with Gasteiger partial charge in [0.2, 0.25) is 0 Å². The highest BCUT2D eigenvalue weighted by molar-refractivity contribution is 8.00. The van der Waals surface area contributed by atoms with E-state index in [2.05, 4.69) is 0 Å². The molecule has 0 unspecified atom stereocenters. The lowest BCUT2D eigenvalue weighted by atomic mass is 9.91. The molecule has 0 N–H and O–H groups in total. The first-order valence-electron chi connectivity index (χ1n) is 7.88. The number of ether oxygens (including phenoxy) is 1. The van der Waals surface area contributed by atoms with Crippen molar-refractivity contribution in [2.45, 2.75) is 29.4 Å². The molecule has 2 atom stereocenters. The minimum atomic E-state index is -0.662. The van der Waals surface area contributed by atoms with Crippen LogP contribution in [0, 0.1) is 26.1 Å². The van der Waals surface area contributed by atoms with E-state index in [1.165, 1.54) is 23.9 Å². The Morgan fingerprint density at radius 3 is 2.73 bits per heavy atom. The highest BCUT2D eigenvalue weighted by atomic mass is 35.5. The maximum atomic E-state index is 11.7. The minimum absolute atomic E-state index is 0.0604. The number of hydrogen-bond donors (Lipinski definition) is 0. The molecule has 140 valence electrons. The second-order valence-electron chi connectivity index (χ2n) is 5.70. The van der Waals surface area contributed by atoms with Crippen LogP contribution in [0.25, 0.3) is 0 Å². The van der Waals surface area contributed by atoms with Crippen molar-refractivity contribution < 1.29 is 19.4 Å². The number of allylic oxidation sites excluding steroid dienone is 1. The molecule has 0 spiro atoms. The molecule has 0 amide bonds. The molecule has 1 aromatic rings. The fourth-order valence-corrected chi connectivity index (χ4v) is 4.01. The van der Waals surface area contributed by atoms with Crippen LogP contribution in [0.4, 0.5) is 11.4 Å². The molecule has 0 radical (unpaired) electrons. The Hall–Kier alpha value is -2.13. The Balaban J connectivity index is 2.05. The summed E-state index contributed by atoms with van der Waals surface area (Å²) in [5.74, 6) is 0.0203. The van der Waals surface area contributed by atoms with E-state index in [-0.39, 0.29) is 47.4 Å². The van der Waals surface area contributed by atoms with E-state index >= 15 is 0 Å². The second-order valence-corrected chi connectivity index (χ2v) is 7.36. The third-order valence-electron chi connectivity index (χ3n) is 3.81. The molecule has 26 heavy (non-hydrogen) atoms. The highest BCUT2D eigenvalue weighted by Gasteiger charge is 2.26. The molecule has 0 aliphatic heterocycles. The van der Waals surface area contributed by atoms with Gasteiger partial charge in [0.15, 0.2) is 0 Å². The summed E-state index contributed by atoms with van der Waals surface area (Å²) in [6.07, 6.45) is 5.54. The van der Waals surface area contributed by atoms with Gasteiger partial charge in [-0.2, -0.15) is 0 Å². The van der Waals surface area contributed by atoms with Crippen molar-refractivity contribution in [2.24, 2.45) is 5.92 Å². The van der Waals surface area contributed by atoms with Crippen LogP contribution in [0.2, 0.25) is 0 Å². The molecule has 0 saturated carbocycles. The quantitative estimate of drug-likeness (QED) is 0.212. The van der Waals surface area contributed by atoms with Gasteiger partial charge in [0.25, 0.3) is 11.4 Å². The Bertz CT molecular complexity index is 727. The summed E-state index contributed by atoms with van der Waals surface area (Å²) in [6, 6.07) is 3.62. The Morgan fingerprint density at radius 1 is 1.31 bits per heavy atom. The first-order valence-corrected chi connectivity index (χ1v) is 9.30. The van der Waals surface area contributed by atoms with Crippen LogP contribution in [0.1, 0.15) is 19.3 Å². The van der Waals surface area contributed by atoms with Crippen LogP contribution in [-0.2, 0) is 9.53 Å². The van der Waals surface area contributed by atoms with E-state index < -0.39 is 9.85 Å². The van der Waals surface area contributed by atoms with Crippen molar-refractivity contribution >= 4 is 40.7 Å². The number of carbonyl (C=O) groups is 1. The second kappa shape index (κ2) is 9.54. The molecular formula is C16H17ClN2O6S. The van der Waals surface area contributed by atoms with E-state index in [1.54, 1.807) is 0 Å². The van der Waals surface area contributed by atoms with E-state index in [4.69, 9.17) is 16.3 Å². The largest absolute Gasteiger partial charge is 0.464 e. The predicted molar refractivity (Wildman–Crippen MR) is 97.6 cm³/mol. The zero-order valence-corrected chi connectivity index (χ0v) is 15.3. The SMILES string of the molecule is O=C(C[C@H]1CC=C[C@H](Sc2ccc([N+](=O)[O-])cc2[N+](=O)[O-])C1)OCCCl. The van der Waals surface area contributed by atoms with Crippen molar-refractivity contribution in [1.29, 1.82) is 0 Å². The first kappa shape index (κ1) is 20.2. The smallest absolute Gasteiger partial charge is 0.306 e. The number of benzene rings is 1. The third kappa shape index (κ3) is 5.70. The van der Waals surface area contributed by atoms with Gasteiger partial charge in [-0.3, -0.25) is 25.0 Å². The van der Waals surface area contributed by atoms with Gasteiger partial charge in [0, 0.05) is 17.7 Å². The van der Waals surface area contributed by atoms with Gasteiger partial charge in [-0.15, -0.1) is 23.4 Å². The van der Waals surface area contributed by atoms with Crippen molar-refractivity contribution in [2.75, 3.05) is 12.5 Å². The highest BCUT2D eigenvalue weighted by Crippen LogP contribution is 2.39. The number of rotatable bonds is 8. The zero-order chi connectivity index (χ0) is 19.1. The summed E-state index contributed by atoms with van der Waals surface area (Å²) < 4.78 is 4.98. The number of nitrogens with zero attached hydrogens (tertiary/aromatic N) is 2. The van der Waals surface area contributed by atoms with Crippen LogP contribution in [0.3, 0.4) is 0 Å². The van der Waals surface area contributed by atoms with Crippen molar-refractivity contribution in [3.63, 3.8) is 0 Å². The fourth-order valence-electron chi connectivity index (χ4n) is 2.65.